The molecular weight excluding hydrogens is 160 g/mol. The molecule has 0 spiro atoms. The van der Waals surface area contributed by atoms with Crippen LogP contribution in [0.3, 0.4) is 0 Å². The molecule has 0 aliphatic rings. The fraction of sp³-hybridized carbons (Fsp3) is 0.0833. The Hall–Kier alpha value is -1.63. The highest BCUT2D eigenvalue weighted by Crippen LogP contribution is 2.04. The van der Waals surface area contributed by atoms with Crippen LogP contribution in [0.4, 0.5) is 0 Å². The van der Waals surface area contributed by atoms with E-state index in [0.29, 0.717) is 0 Å². The van der Waals surface area contributed by atoms with Gasteiger partial charge in [-0.2, -0.15) is 0 Å². The van der Waals surface area contributed by atoms with Crippen LogP contribution in [0.2, 0.25) is 0 Å². The number of hydrogen-bond acceptors (Lipinski definition) is 1. The van der Waals surface area contributed by atoms with E-state index >= 15 is 0 Å². The predicted octanol–water partition coefficient (Wildman–Crippen LogP) is 3.01. The molecule has 0 atom stereocenters. The second-order valence-electron chi connectivity index (χ2n) is 2.85. The summed E-state index contributed by atoms with van der Waals surface area (Å²) in [6, 6.07) is 7.97. The molecule has 68 valence electrons. The Bertz CT molecular complexity index is 336. The summed E-state index contributed by atoms with van der Waals surface area (Å²) in [5.41, 5.74) is 2.24. The first kappa shape index (κ1) is 9.46. The van der Waals surface area contributed by atoms with Crippen molar-refractivity contribution in [3.63, 3.8) is 0 Å². The van der Waals surface area contributed by atoms with Gasteiger partial charge < -0.3 is 0 Å². The van der Waals surface area contributed by atoms with Crippen molar-refractivity contribution >= 4 is 11.9 Å². The zero-order valence-electron chi connectivity index (χ0n) is 7.66. The maximum Gasteiger partial charge on any atom is 0.178 e. The van der Waals surface area contributed by atoms with E-state index < -0.39 is 0 Å². The topological polar surface area (TPSA) is 17.1 Å². The monoisotopic (exact) mass is 174 g/mol. The van der Waals surface area contributed by atoms with Gasteiger partial charge in [-0.1, -0.05) is 42.5 Å². The van der Waals surface area contributed by atoms with Crippen LogP contribution in [0.1, 0.15) is 12.6 Å². The second kappa shape index (κ2) is 4.41. The standard InChI is InChI=1S/C12H12O.H2/c1-3-12(13)9-8-11-6-4-10(2)5-7-11;/h3-9H,1H2,2H3;1H/b9-8+;. The molecule has 0 aromatic heterocycles. The van der Waals surface area contributed by atoms with Crippen molar-refractivity contribution in [1.82, 2.24) is 0 Å². The Kier molecular flexibility index (Phi) is 3.21. The molecule has 1 heteroatoms. The van der Waals surface area contributed by atoms with Gasteiger partial charge in [-0.3, -0.25) is 4.79 Å². The van der Waals surface area contributed by atoms with Gasteiger partial charge in [0.25, 0.3) is 0 Å². The third kappa shape index (κ3) is 3.08. The van der Waals surface area contributed by atoms with E-state index in [1.807, 2.05) is 31.2 Å². The molecule has 0 saturated heterocycles. The smallest absolute Gasteiger partial charge is 0.178 e. The molecule has 1 nitrogen and oxygen atoms in total. The molecule has 0 amide bonds. The summed E-state index contributed by atoms with van der Waals surface area (Å²) in [5, 5.41) is 0. The van der Waals surface area contributed by atoms with Crippen molar-refractivity contribution in [2.45, 2.75) is 6.92 Å². The van der Waals surface area contributed by atoms with Crippen molar-refractivity contribution in [3.8, 4) is 0 Å². The van der Waals surface area contributed by atoms with Crippen LogP contribution in [0, 0.1) is 6.92 Å². The molecule has 0 N–H and O–H groups in total. The Balaban J connectivity index is 0.00000169. The lowest BCUT2D eigenvalue weighted by molar-refractivity contribution is -0.110. The van der Waals surface area contributed by atoms with Gasteiger partial charge >= 0.3 is 0 Å². The predicted molar refractivity (Wildman–Crippen MR) is 57.5 cm³/mol. The summed E-state index contributed by atoms with van der Waals surface area (Å²) in [6.45, 7) is 5.42. The van der Waals surface area contributed by atoms with Crippen LogP contribution in [-0.2, 0) is 4.79 Å². The zero-order chi connectivity index (χ0) is 9.68. The average molecular weight is 174 g/mol. The van der Waals surface area contributed by atoms with Crippen molar-refractivity contribution in [3.05, 3.63) is 54.1 Å². The molecule has 13 heavy (non-hydrogen) atoms. The van der Waals surface area contributed by atoms with E-state index in [1.165, 1.54) is 17.7 Å². The summed E-state index contributed by atoms with van der Waals surface area (Å²) in [5.74, 6) is -0.0689. The first-order valence-electron chi connectivity index (χ1n) is 4.13. The number of carbonyl (C=O) groups is 1. The number of allylic oxidation sites excluding steroid dienone is 2. The normalized spacial score (nSPS) is 10.2. The molecule has 0 saturated carbocycles. The van der Waals surface area contributed by atoms with E-state index in [4.69, 9.17) is 0 Å². The van der Waals surface area contributed by atoms with Gasteiger partial charge in [0.1, 0.15) is 0 Å². The zero-order valence-corrected chi connectivity index (χ0v) is 7.66. The van der Waals surface area contributed by atoms with Gasteiger partial charge in [0, 0.05) is 1.43 Å². The van der Waals surface area contributed by atoms with E-state index in [2.05, 4.69) is 6.58 Å². The SMILES string of the molecule is C=CC(=O)/C=C/c1ccc(C)cc1.[HH]. The van der Waals surface area contributed by atoms with Crippen LogP contribution < -0.4 is 0 Å². The molecule has 0 fully saturated rings. The Morgan fingerprint density at radius 1 is 1.38 bits per heavy atom. The maximum atomic E-state index is 10.8. The van der Waals surface area contributed by atoms with Gasteiger partial charge in [-0.05, 0) is 24.6 Å². The number of ketones is 1. The van der Waals surface area contributed by atoms with Crippen molar-refractivity contribution in [2.24, 2.45) is 0 Å². The quantitative estimate of drug-likeness (QED) is 0.644. The fourth-order valence-electron chi connectivity index (χ4n) is 0.924. The minimum atomic E-state index is -0.0689. The van der Waals surface area contributed by atoms with Crippen LogP contribution in [-0.4, -0.2) is 5.78 Å². The number of hydrogen-bond donors (Lipinski definition) is 0. The highest BCUT2D eigenvalue weighted by atomic mass is 16.1. The van der Waals surface area contributed by atoms with E-state index in [9.17, 15) is 4.79 Å². The number of benzene rings is 1. The molecule has 1 aromatic carbocycles. The fourth-order valence-corrected chi connectivity index (χ4v) is 0.924. The summed E-state index contributed by atoms with van der Waals surface area (Å²) in [6.07, 6.45) is 4.59. The maximum absolute atomic E-state index is 10.8. The Morgan fingerprint density at radius 3 is 2.54 bits per heavy atom. The van der Waals surface area contributed by atoms with E-state index in [1.54, 1.807) is 6.08 Å². The van der Waals surface area contributed by atoms with Gasteiger partial charge in [0.05, 0.1) is 0 Å². The summed E-state index contributed by atoms with van der Waals surface area (Å²) < 4.78 is 0. The van der Waals surface area contributed by atoms with Gasteiger partial charge in [-0.15, -0.1) is 0 Å². The Labute approximate surface area is 79.9 Å². The van der Waals surface area contributed by atoms with Crippen molar-refractivity contribution in [1.29, 1.82) is 0 Å². The van der Waals surface area contributed by atoms with Gasteiger partial charge in [0.2, 0.25) is 0 Å². The van der Waals surface area contributed by atoms with Crippen LogP contribution in [0.5, 0.6) is 0 Å². The van der Waals surface area contributed by atoms with Crippen LogP contribution in [0.25, 0.3) is 6.08 Å². The molecular formula is C12H14O. The number of aryl methyl sites for hydroxylation is 1. The largest absolute Gasteiger partial charge is 0.290 e. The summed E-state index contributed by atoms with van der Waals surface area (Å²) in [4.78, 5) is 10.8. The molecule has 0 aliphatic carbocycles. The summed E-state index contributed by atoms with van der Waals surface area (Å²) >= 11 is 0. The molecule has 0 heterocycles. The van der Waals surface area contributed by atoms with Crippen molar-refractivity contribution in [2.75, 3.05) is 0 Å². The number of rotatable bonds is 3. The number of carbonyl (C=O) groups excluding carboxylic acids is 1. The molecule has 1 rings (SSSR count). The van der Waals surface area contributed by atoms with E-state index in [0.717, 1.165) is 5.56 Å². The third-order valence-electron chi connectivity index (χ3n) is 1.72. The molecule has 0 aliphatic heterocycles. The van der Waals surface area contributed by atoms with Gasteiger partial charge in [0.15, 0.2) is 5.78 Å². The molecule has 0 bridgehead atoms. The molecule has 0 unspecified atom stereocenters. The average Bonchev–Trinajstić information content (AvgIpc) is 2.16. The first-order chi connectivity index (χ1) is 6.22. The Morgan fingerprint density at radius 2 is 2.00 bits per heavy atom. The minimum Gasteiger partial charge on any atom is -0.290 e. The lowest BCUT2D eigenvalue weighted by atomic mass is 10.1. The summed E-state index contributed by atoms with van der Waals surface area (Å²) in [7, 11) is 0. The third-order valence-corrected chi connectivity index (χ3v) is 1.72. The van der Waals surface area contributed by atoms with Gasteiger partial charge in [-0.25, -0.2) is 0 Å². The highest BCUT2D eigenvalue weighted by Gasteiger charge is 1.88. The van der Waals surface area contributed by atoms with Crippen molar-refractivity contribution < 1.29 is 6.22 Å². The highest BCUT2D eigenvalue weighted by molar-refractivity contribution is 6.01. The first-order valence-corrected chi connectivity index (χ1v) is 4.13. The molecule has 0 radical (unpaired) electrons. The van der Waals surface area contributed by atoms with E-state index in [-0.39, 0.29) is 7.21 Å². The molecule has 1 aromatic rings. The lowest BCUT2D eigenvalue weighted by Gasteiger charge is -1.93. The second-order valence-corrected chi connectivity index (χ2v) is 2.85. The van der Waals surface area contributed by atoms with Crippen LogP contribution >= 0.6 is 0 Å². The van der Waals surface area contributed by atoms with Crippen LogP contribution in [0.15, 0.2) is 43.0 Å². The minimum absolute atomic E-state index is 0. The lowest BCUT2D eigenvalue weighted by Crippen LogP contribution is -1.82.